The van der Waals surface area contributed by atoms with E-state index in [2.05, 4.69) is 5.32 Å². The molecule has 0 saturated carbocycles. The molecule has 0 aliphatic heterocycles. The maximum atomic E-state index is 11.7. The van der Waals surface area contributed by atoms with Gasteiger partial charge in [0.2, 0.25) is 0 Å². The number of carbonyl (C=O) groups is 2. The van der Waals surface area contributed by atoms with E-state index in [1.165, 1.54) is 30.3 Å². The number of carboxylic acid groups (broad SMARTS) is 2. The van der Waals surface area contributed by atoms with E-state index in [4.69, 9.17) is 15.1 Å². The number of hydrogen-bond donors (Lipinski definition) is 6. The number of aromatic hydroxyl groups is 1. The van der Waals surface area contributed by atoms with Crippen LogP contribution in [0.5, 0.6) is 11.5 Å². The number of nitrogens with one attached hydrogen (secondary N) is 1. The lowest BCUT2D eigenvalue weighted by molar-refractivity contribution is -0.136. The van der Waals surface area contributed by atoms with Crippen LogP contribution in [-0.2, 0) is 9.59 Å². The minimum absolute atomic E-state index is 0.0675. The first kappa shape index (κ1) is 24.4. The van der Waals surface area contributed by atoms with Gasteiger partial charge in [0.15, 0.2) is 0 Å². The first-order valence-electron chi connectivity index (χ1n) is 9.41. The fourth-order valence-electron chi connectivity index (χ4n) is 2.90. The van der Waals surface area contributed by atoms with E-state index in [1.54, 1.807) is 18.2 Å². The average Bonchev–Trinajstić information content (AvgIpc) is 2.76. The fourth-order valence-corrected chi connectivity index (χ4v) is 2.90. The number of rotatable bonds is 11. The summed E-state index contributed by atoms with van der Waals surface area (Å²) >= 11 is 0. The summed E-state index contributed by atoms with van der Waals surface area (Å²) in [5, 5.41) is 60.6. The Bertz CT molecular complexity index is 1030. The van der Waals surface area contributed by atoms with Crippen LogP contribution in [0.15, 0.2) is 60.2 Å². The lowest BCUT2D eigenvalue weighted by Crippen LogP contribution is -2.43. The normalized spacial score (nSPS) is 14.1. The van der Waals surface area contributed by atoms with E-state index in [-0.39, 0.29) is 23.6 Å². The number of aliphatic hydroxyl groups excluding tert-OH is 2. The molecule has 2 rings (SSSR count). The van der Waals surface area contributed by atoms with Crippen molar-refractivity contribution in [2.75, 3.05) is 13.2 Å². The van der Waals surface area contributed by atoms with Crippen molar-refractivity contribution in [3.05, 3.63) is 71.3 Å². The van der Waals surface area contributed by atoms with Crippen molar-refractivity contribution < 1.29 is 39.9 Å². The third kappa shape index (κ3) is 6.82. The number of nitrogens with zero attached hydrogens (tertiary/aromatic N) is 1. The van der Waals surface area contributed by atoms with Crippen LogP contribution in [-0.4, -0.2) is 56.9 Å². The van der Waals surface area contributed by atoms with Gasteiger partial charge in [-0.1, -0.05) is 24.3 Å². The zero-order valence-corrected chi connectivity index (χ0v) is 16.8. The maximum absolute atomic E-state index is 11.7. The highest BCUT2D eigenvalue weighted by Crippen LogP contribution is 2.22. The fraction of sp³-hybridized carbons (Fsp3) is 0.227. The van der Waals surface area contributed by atoms with E-state index in [0.717, 1.165) is 0 Å². The topological polar surface area (TPSA) is 180 Å². The van der Waals surface area contributed by atoms with Crippen molar-refractivity contribution in [2.45, 2.75) is 12.3 Å². The number of aliphatic carboxylic acids is 2. The minimum Gasteiger partial charge on any atom is -0.508 e. The van der Waals surface area contributed by atoms with Gasteiger partial charge in [0.05, 0.1) is 29.8 Å². The Balaban J connectivity index is 2.21. The quantitative estimate of drug-likeness (QED) is 0.217. The van der Waals surface area contributed by atoms with Gasteiger partial charge >= 0.3 is 11.9 Å². The second-order valence-corrected chi connectivity index (χ2v) is 6.73. The zero-order valence-electron chi connectivity index (χ0n) is 16.8. The van der Waals surface area contributed by atoms with Crippen LogP contribution in [0.25, 0.3) is 0 Å². The first-order valence-corrected chi connectivity index (χ1v) is 9.41. The second kappa shape index (κ2) is 11.5. The Labute approximate surface area is 183 Å². The molecule has 168 valence electrons. The van der Waals surface area contributed by atoms with Gasteiger partial charge in [-0.3, -0.25) is 5.32 Å². The number of phenols is 1. The SMILES string of the molecule is N#Cc1ccccc1OCC(/C(=C/C(=O)O)C(=O)O)C(O)NCC(O)c1cccc(O)c1. The molecule has 0 aliphatic carbocycles. The number of ether oxygens (including phenoxy) is 1. The molecule has 0 aromatic heterocycles. The molecular weight excluding hydrogens is 420 g/mol. The minimum atomic E-state index is -1.63. The van der Waals surface area contributed by atoms with Crippen LogP contribution >= 0.6 is 0 Å². The molecule has 0 heterocycles. The number of carboxylic acids is 2. The monoisotopic (exact) mass is 442 g/mol. The highest BCUT2D eigenvalue weighted by molar-refractivity contribution is 5.95. The Morgan fingerprint density at radius 3 is 2.47 bits per heavy atom. The summed E-state index contributed by atoms with van der Waals surface area (Å²) < 4.78 is 5.52. The molecule has 2 aromatic rings. The van der Waals surface area contributed by atoms with Crippen molar-refractivity contribution >= 4 is 11.9 Å². The Hall–Kier alpha value is -3.91. The number of nitriles is 1. The molecule has 0 aliphatic rings. The molecule has 6 N–H and O–H groups in total. The lowest BCUT2D eigenvalue weighted by atomic mass is 9.97. The van der Waals surface area contributed by atoms with Gasteiger partial charge in [-0.2, -0.15) is 5.26 Å². The van der Waals surface area contributed by atoms with E-state index in [0.29, 0.717) is 11.6 Å². The number of benzene rings is 2. The van der Waals surface area contributed by atoms with Crippen LogP contribution in [0.2, 0.25) is 0 Å². The van der Waals surface area contributed by atoms with Crippen LogP contribution < -0.4 is 10.1 Å². The number of aliphatic hydroxyl groups is 2. The van der Waals surface area contributed by atoms with E-state index in [9.17, 15) is 30.0 Å². The van der Waals surface area contributed by atoms with Crippen molar-refractivity contribution in [3.8, 4) is 17.6 Å². The number of hydrogen-bond acceptors (Lipinski definition) is 8. The molecule has 0 radical (unpaired) electrons. The summed E-state index contributed by atoms with van der Waals surface area (Å²) in [6, 6.07) is 13.9. The van der Waals surface area contributed by atoms with Crippen LogP contribution in [0, 0.1) is 17.2 Å². The largest absolute Gasteiger partial charge is 0.508 e. The predicted octanol–water partition coefficient (Wildman–Crippen LogP) is 0.996. The Morgan fingerprint density at radius 2 is 1.84 bits per heavy atom. The summed E-state index contributed by atoms with van der Waals surface area (Å²) in [7, 11) is 0. The number of phenolic OH excluding ortho intramolecular Hbond substituents is 1. The Morgan fingerprint density at radius 1 is 1.12 bits per heavy atom. The van der Waals surface area contributed by atoms with Crippen LogP contribution in [0.1, 0.15) is 17.2 Å². The van der Waals surface area contributed by atoms with Crippen LogP contribution in [0.3, 0.4) is 0 Å². The summed E-state index contributed by atoms with van der Waals surface area (Å²) in [6.07, 6.45) is -2.34. The predicted molar refractivity (Wildman–Crippen MR) is 111 cm³/mol. The molecule has 10 nitrogen and oxygen atoms in total. The zero-order chi connectivity index (χ0) is 23.7. The van der Waals surface area contributed by atoms with Gasteiger partial charge in [-0.05, 0) is 29.8 Å². The molecule has 0 bridgehead atoms. The molecule has 10 heteroatoms. The Kier molecular flexibility index (Phi) is 8.73. The van der Waals surface area contributed by atoms with Gasteiger partial charge in [0.25, 0.3) is 0 Å². The smallest absolute Gasteiger partial charge is 0.332 e. The molecule has 0 fully saturated rings. The lowest BCUT2D eigenvalue weighted by Gasteiger charge is -2.26. The van der Waals surface area contributed by atoms with Crippen LogP contribution in [0.4, 0.5) is 0 Å². The van der Waals surface area contributed by atoms with Gasteiger partial charge in [0, 0.05) is 12.6 Å². The molecule has 3 atom stereocenters. The second-order valence-electron chi connectivity index (χ2n) is 6.73. The molecular formula is C22H22N2O8. The highest BCUT2D eigenvalue weighted by Gasteiger charge is 2.30. The molecule has 32 heavy (non-hydrogen) atoms. The third-order valence-corrected chi connectivity index (χ3v) is 4.51. The molecule has 2 aromatic carbocycles. The molecule has 0 amide bonds. The van der Waals surface area contributed by atoms with Crippen molar-refractivity contribution in [1.29, 1.82) is 5.26 Å². The van der Waals surface area contributed by atoms with Crippen molar-refractivity contribution in [1.82, 2.24) is 5.32 Å². The van der Waals surface area contributed by atoms with E-state index in [1.807, 2.05) is 6.07 Å². The van der Waals surface area contributed by atoms with Gasteiger partial charge in [-0.15, -0.1) is 0 Å². The van der Waals surface area contributed by atoms with E-state index < -0.39 is 42.4 Å². The summed E-state index contributed by atoms with van der Waals surface area (Å²) in [6.45, 7) is -0.712. The molecule has 3 unspecified atom stereocenters. The van der Waals surface area contributed by atoms with Crippen molar-refractivity contribution in [3.63, 3.8) is 0 Å². The first-order chi connectivity index (χ1) is 15.2. The molecule has 0 spiro atoms. The average molecular weight is 442 g/mol. The van der Waals surface area contributed by atoms with Gasteiger partial charge < -0.3 is 30.3 Å². The van der Waals surface area contributed by atoms with E-state index >= 15 is 0 Å². The van der Waals surface area contributed by atoms with Gasteiger partial charge in [-0.25, -0.2) is 9.59 Å². The maximum Gasteiger partial charge on any atom is 0.332 e. The summed E-state index contributed by atoms with van der Waals surface area (Å²) in [4.78, 5) is 22.8. The standard InChI is InChI=1S/C22H22N2O8/c23-10-14-4-1-2-7-19(14)32-12-17(16(22(30)31)9-20(27)28)21(29)24-11-18(26)13-5-3-6-15(25)8-13/h1-9,17-18,21,24-26,29H,11-12H2,(H,27,28)(H,30,31)/b16-9-. The van der Waals surface area contributed by atoms with Gasteiger partial charge in [0.1, 0.15) is 23.8 Å². The summed E-state index contributed by atoms with van der Waals surface area (Å²) in [5.74, 6) is -4.42. The summed E-state index contributed by atoms with van der Waals surface area (Å²) in [5.41, 5.74) is -0.120. The third-order valence-electron chi connectivity index (χ3n) is 4.51. The molecule has 0 saturated heterocycles. The highest BCUT2D eigenvalue weighted by atomic mass is 16.5. The van der Waals surface area contributed by atoms with Crippen molar-refractivity contribution in [2.24, 2.45) is 5.92 Å². The number of para-hydroxylation sites is 1.